The molecule has 1 unspecified atom stereocenters. The minimum Gasteiger partial charge on any atom is -0.497 e. The molecule has 1 fully saturated rings. The molecule has 0 heterocycles. The van der Waals surface area contributed by atoms with Crippen LogP contribution in [0.15, 0.2) is 24.3 Å². The third-order valence-electron chi connectivity index (χ3n) is 4.30. The lowest BCUT2D eigenvalue weighted by Gasteiger charge is -2.33. The van der Waals surface area contributed by atoms with Gasteiger partial charge in [-0.15, -0.1) is 0 Å². The Morgan fingerprint density at radius 1 is 1.22 bits per heavy atom. The summed E-state index contributed by atoms with van der Waals surface area (Å²) in [6.45, 7) is 2.37. The maximum atomic E-state index is 5.33. The predicted octanol–water partition coefficient (Wildman–Crippen LogP) is 3.78. The monoisotopic (exact) mass is 247 g/mol. The molecule has 0 radical (unpaired) electrons. The van der Waals surface area contributed by atoms with Gasteiger partial charge in [0.15, 0.2) is 0 Å². The summed E-state index contributed by atoms with van der Waals surface area (Å²) >= 11 is 0. The van der Waals surface area contributed by atoms with Crippen molar-refractivity contribution in [3.8, 4) is 5.75 Å². The van der Waals surface area contributed by atoms with E-state index in [-0.39, 0.29) is 0 Å². The molecule has 0 saturated heterocycles. The zero-order chi connectivity index (χ0) is 13.0. The minimum absolute atomic E-state index is 0.465. The topological polar surface area (TPSA) is 21.3 Å². The highest BCUT2D eigenvalue weighted by atomic mass is 16.5. The Balaban J connectivity index is 2.11. The average Bonchev–Trinajstić information content (AvgIpc) is 2.42. The molecule has 1 aliphatic carbocycles. The molecule has 0 spiro atoms. The second-order valence-corrected chi connectivity index (χ2v) is 5.56. The van der Waals surface area contributed by atoms with E-state index in [1.165, 1.54) is 31.2 Å². The molecule has 2 heteroatoms. The van der Waals surface area contributed by atoms with Crippen LogP contribution in [-0.4, -0.2) is 14.2 Å². The van der Waals surface area contributed by atoms with Gasteiger partial charge >= 0.3 is 0 Å². The fourth-order valence-corrected chi connectivity index (χ4v) is 3.13. The first-order valence-corrected chi connectivity index (χ1v) is 7.05. The van der Waals surface area contributed by atoms with Crippen molar-refractivity contribution in [3.63, 3.8) is 0 Å². The van der Waals surface area contributed by atoms with Gasteiger partial charge in [-0.25, -0.2) is 0 Å². The number of benzene rings is 1. The van der Waals surface area contributed by atoms with Crippen LogP contribution >= 0.6 is 0 Å². The molecule has 2 rings (SSSR count). The fraction of sp³-hybridized carbons (Fsp3) is 0.625. The Bertz CT molecular complexity index is 369. The summed E-state index contributed by atoms with van der Waals surface area (Å²) in [5, 5.41) is 3.50. The highest BCUT2D eigenvalue weighted by Crippen LogP contribution is 2.37. The number of nitrogens with one attached hydrogen (secondary N) is 1. The van der Waals surface area contributed by atoms with Gasteiger partial charge in [0.25, 0.3) is 0 Å². The van der Waals surface area contributed by atoms with Crippen molar-refractivity contribution in [1.82, 2.24) is 5.32 Å². The standard InChI is InChI=1S/C16H25NO/c1-12-7-9-13(10-8-12)16(17-2)14-5-4-6-15(11-14)18-3/h4-6,11-13,16-17H,7-10H2,1-3H3. The normalized spacial score (nSPS) is 25.7. The largest absolute Gasteiger partial charge is 0.497 e. The predicted molar refractivity (Wildman–Crippen MR) is 75.9 cm³/mol. The van der Waals surface area contributed by atoms with E-state index >= 15 is 0 Å². The van der Waals surface area contributed by atoms with E-state index < -0.39 is 0 Å². The number of hydrogen-bond acceptors (Lipinski definition) is 2. The van der Waals surface area contributed by atoms with Crippen LogP contribution in [0, 0.1) is 11.8 Å². The van der Waals surface area contributed by atoms with E-state index in [0.29, 0.717) is 6.04 Å². The minimum atomic E-state index is 0.465. The SMILES string of the molecule is CNC(c1cccc(OC)c1)C1CCC(C)CC1. The summed E-state index contributed by atoms with van der Waals surface area (Å²) in [6.07, 6.45) is 5.41. The molecule has 1 N–H and O–H groups in total. The van der Waals surface area contributed by atoms with Gasteiger partial charge in [0.1, 0.15) is 5.75 Å². The van der Waals surface area contributed by atoms with E-state index in [9.17, 15) is 0 Å². The van der Waals surface area contributed by atoms with Gasteiger partial charge in [0, 0.05) is 6.04 Å². The molecule has 0 amide bonds. The van der Waals surface area contributed by atoms with Gasteiger partial charge in [-0.1, -0.05) is 31.9 Å². The van der Waals surface area contributed by atoms with Crippen molar-refractivity contribution < 1.29 is 4.74 Å². The first kappa shape index (κ1) is 13.4. The average molecular weight is 247 g/mol. The first-order valence-electron chi connectivity index (χ1n) is 7.05. The smallest absolute Gasteiger partial charge is 0.119 e. The Kier molecular flexibility index (Phi) is 4.65. The Hall–Kier alpha value is -1.02. The summed E-state index contributed by atoms with van der Waals surface area (Å²) in [5.41, 5.74) is 1.36. The lowest BCUT2D eigenvalue weighted by Crippen LogP contribution is -2.28. The molecule has 0 aliphatic heterocycles. The van der Waals surface area contributed by atoms with Gasteiger partial charge in [-0.3, -0.25) is 0 Å². The van der Waals surface area contributed by atoms with Crippen LogP contribution in [0.2, 0.25) is 0 Å². The van der Waals surface area contributed by atoms with E-state index in [0.717, 1.165) is 17.6 Å². The second-order valence-electron chi connectivity index (χ2n) is 5.56. The van der Waals surface area contributed by atoms with Crippen molar-refractivity contribution in [2.24, 2.45) is 11.8 Å². The van der Waals surface area contributed by atoms with Crippen LogP contribution in [0.4, 0.5) is 0 Å². The number of methoxy groups -OCH3 is 1. The van der Waals surface area contributed by atoms with E-state index in [2.05, 4.69) is 37.5 Å². The highest BCUT2D eigenvalue weighted by molar-refractivity contribution is 5.31. The maximum absolute atomic E-state index is 5.33. The van der Waals surface area contributed by atoms with E-state index in [1.54, 1.807) is 7.11 Å². The molecule has 0 aromatic heterocycles. The Labute approximate surface area is 111 Å². The van der Waals surface area contributed by atoms with Gasteiger partial charge in [-0.05, 0) is 49.4 Å². The molecule has 1 atom stereocenters. The molecular formula is C16H25NO. The molecule has 0 bridgehead atoms. The van der Waals surface area contributed by atoms with Crippen LogP contribution in [0.3, 0.4) is 0 Å². The number of rotatable bonds is 4. The van der Waals surface area contributed by atoms with Gasteiger partial charge in [0.05, 0.1) is 7.11 Å². The third kappa shape index (κ3) is 3.05. The molecule has 1 saturated carbocycles. The first-order chi connectivity index (χ1) is 8.74. The summed E-state index contributed by atoms with van der Waals surface area (Å²) in [4.78, 5) is 0. The molecule has 100 valence electrons. The Morgan fingerprint density at radius 3 is 2.56 bits per heavy atom. The maximum Gasteiger partial charge on any atom is 0.119 e. The molecule has 1 aromatic rings. The second kappa shape index (κ2) is 6.24. The number of hydrogen-bond donors (Lipinski definition) is 1. The molecule has 18 heavy (non-hydrogen) atoms. The summed E-state index contributed by atoms with van der Waals surface area (Å²) in [7, 11) is 3.80. The molecule has 1 aromatic carbocycles. The summed E-state index contributed by atoms with van der Waals surface area (Å²) < 4.78 is 5.33. The lowest BCUT2D eigenvalue weighted by atomic mass is 9.77. The summed E-state index contributed by atoms with van der Waals surface area (Å²) in [6, 6.07) is 8.94. The molecular weight excluding hydrogens is 222 g/mol. The van der Waals surface area contributed by atoms with Crippen molar-refractivity contribution in [3.05, 3.63) is 29.8 Å². The van der Waals surface area contributed by atoms with Crippen LogP contribution < -0.4 is 10.1 Å². The number of ether oxygens (including phenoxy) is 1. The highest BCUT2D eigenvalue weighted by Gasteiger charge is 2.26. The van der Waals surface area contributed by atoms with Crippen molar-refractivity contribution in [2.45, 2.75) is 38.6 Å². The third-order valence-corrected chi connectivity index (χ3v) is 4.30. The summed E-state index contributed by atoms with van der Waals surface area (Å²) in [5.74, 6) is 2.62. The van der Waals surface area contributed by atoms with Gasteiger partial charge in [0.2, 0.25) is 0 Å². The van der Waals surface area contributed by atoms with Crippen LogP contribution in [0.5, 0.6) is 5.75 Å². The van der Waals surface area contributed by atoms with Crippen molar-refractivity contribution in [1.29, 1.82) is 0 Å². The van der Waals surface area contributed by atoms with Gasteiger partial charge in [-0.2, -0.15) is 0 Å². The van der Waals surface area contributed by atoms with Crippen LogP contribution in [0.25, 0.3) is 0 Å². The van der Waals surface area contributed by atoms with E-state index in [4.69, 9.17) is 4.74 Å². The van der Waals surface area contributed by atoms with E-state index in [1.807, 2.05) is 6.07 Å². The molecule has 2 nitrogen and oxygen atoms in total. The molecule has 1 aliphatic rings. The quantitative estimate of drug-likeness (QED) is 0.874. The van der Waals surface area contributed by atoms with Gasteiger partial charge < -0.3 is 10.1 Å². The van der Waals surface area contributed by atoms with Crippen LogP contribution in [0.1, 0.15) is 44.2 Å². The lowest BCUT2D eigenvalue weighted by molar-refractivity contribution is 0.237. The van der Waals surface area contributed by atoms with Crippen molar-refractivity contribution in [2.75, 3.05) is 14.2 Å². The van der Waals surface area contributed by atoms with Crippen LogP contribution in [-0.2, 0) is 0 Å². The zero-order valence-corrected chi connectivity index (χ0v) is 11.8. The zero-order valence-electron chi connectivity index (χ0n) is 11.8. The fourth-order valence-electron chi connectivity index (χ4n) is 3.13. The Morgan fingerprint density at radius 2 is 1.94 bits per heavy atom. The van der Waals surface area contributed by atoms with Crippen molar-refractivity contribution >= 4 is 0 Å².